The zero-order valence-corrected chi connectivity index (χ0v) is 15.8. The summed E-state index contributed by atoms with van der Waals surface area (Å²) in [6.07, 6.45) is 1.98. The number of amides is 1. The number of carbonyl (C=O) groups excluding carboxylic acids is 1. The van der Waals surface area contributed by atoms with Crippen LogP contribution >= 0.6 is 0 Å². The van der Waals surface area contributed by atoms with E-state index in [1.807, 2.05) is 17.0 Å². The van der Waals surface area contributed by atoms with E-state index in [1.165, 1.54) is 6.07 Å². The van der Waals surface area contributed by atoms with Gasteiger partial charge in [0.2, 0.25) is 11.7 Å². The molecule has 0 bridgehead atoms. The molecule has 0 heterocycles. The molecule has 0 N–H and O–H groups in total. The molecule has 6 heteroatoms. The number of methoxy groups -OCH3 is 3. The molecule has 2 aromatic carbocycles. The second-order valence-corrected chi connectivity index (χ2v) is 6.55. The molecule has 0 saturated heterocycles. The zero-order valence-electron chi connectivity index (χ0n) is 15.8. The number of hydrogen-bond donors (Lipinski definition) is 0. The highest BCUT2D eigenvalue weighted by Crippen LogP contribution is 2.39. The zero-order chi connectivity index (χ0) is 19.4. The number of benzene rings is 2. The third kappa shape index (κ3) is 4.32. The van der Waals surface area contributed by atoms with E-state index in [2.05, 4.69) is 0 Å². The maximum Gasteiger partial charge on any atom is 0.227 e. The number of ether oxygens (including phenoxy) is 3. The Labute approximate surface area is 158 Å². The van der Waals surface area contributed by atoms with Gasteiger partial charge >= 0.3 is 0 Å². The fourth-order valence-electron chi connectivity index (χ4n) is 3.14. The minimum absolute atomic E-state index is 0.0492. The molecule has 0 aliphatic heterocycles. The van der Waals surface area contributed by atoms with Crippen molar-refractivity contribution in [3.05, 3.63) is 53.3 Å². The van der Waals surface area contributed by atoms with Crippen LogP contribution in [0.1, 0.15) is 24.0 Å². The van der Waals surface area contributed by atoms with Gasteiger partial charge in [-0.05, 0) is 42.2 Å². The Morgan fingerprint density at radius 3 is 2.22 bits per heavy atom. The predicted octanol–water partition coefficient (Wildman–Crippen LogP) is 3.59. The van der Waals surface area contributed by atoms with E-state index >= 15 is 0 Å². The number of hydrogen-bond acceptors (Lipinski definition) is 4. The largest absolute Gasteiger partial charge is 0.493 e. The van der Waals surface area contributed by atoms with Gasteiger partial charge in [0.15, 0.2) is 11.5 Å². The highest BCUT2D eigenvalue weighted by atomic mass is 19.1. The Hall–Kier alpha value is -2.76. The highest BCUT2D eigenvalue weighted by Gasteiger charge is 2.33. The lowest BCUT2D eigenvalue weighted by atomic mass is 10.1. The summed E-state index contributed by atoms with van der Waals surface area (Å²) < 4.78 is 30.0. The van der Waals surface area contributed by atoms with Gasteiger partial charge in [-0.1, -0.05) is 18.2 Å². The normalized spacial score (nSPS) is 13.2. The summed E-state index contributed by atoms with van der Waals surface area (Å²) in [6, 6.07) is 10.3. The topological polar surface area (TPSA) is 48.0 Å². The molecule has 1 aliphatic rings. The number of carbonyl (C=O) groups is 1. The molecule has 1 saturated carbocycles. The first-order valence-corrected chi connectivity index (χ1v) is 8.89. The highest BCUT2D eigenvalue weighted by molar-refractivity contribution is 5.79. The Morgan fingerprint density at radius 2 is 1.70 bits per heavy atom. The molecule has 144 valence electrons. The summed E-state index contributed by atoms with van der Waals surface area (Å²) in [4.78, 5) is 14.7. The molecule has 2 aromatic rings. The van der Waals surface area contributed by atoms with Crippen molar-refractivity contribution in [1.29, 1.82) is 0 Å². The summed E-state index contributed by atoms with van der Waals surface area (Å²) >= 11 is 0. The molecular weight excluding hydrogens is 349 g/mol. The molecule has 0 aromatic heterocycles. The average molecular weight is 373 g/mol. The van der Waals surface area contributed by atoms with Gasteiger partial charge in [0.1, 0.15) is 5.82 Å². The van der Waals surface area contributed by atoms with Crippen LogP contribution in [-0.4, -0.2) is 38.2 Å². The minimum Gasteiger partial charge on any atom is -0.493 e. The Balaban J connectivity index is 1.82. The summed E-state index contributed by atoms with van der Waals surface area (Å²) in [5.41, 5.74) is 1.29. The maximum atomic E-state index is 13.9. The molecule has 0 atom stereocenters. The number of halogens is 1. The maximum absolute atomic E-state index is 13.9. The van der Waals surface area contributed by atoms with Crippen molar-refractivity contribution in [2.75, 3.05) is 21.3 Å². The molecular formula is C21H24FNO4. The van der Waals surface area contributed by atoms with E-state index in [0.29, 0.717) is 29.4 Å². The van der Waals surface area contributed by atoms with Crippen molar-refractivity contribution in [1.82, 2.24) is 4.90 Å². The van der Waals surface area contributed by atoms with Gasteiger partial charge in [-0.25, -0.2) is 4.39 Å². The fraction of sp³-hybridized carbons (Fsp3) is 0.381. The third-order valence-corrected chi connectivity index (χ3v) is 4.68. The van der Waals surface area contributed by atoms with Crippen molar-refractivity contribution in [2.45, 2.75) is 31.8 Å². The quantitative estimate of drug-likeness (QED) is 0.710. The fourth-order valence-corrected chi connectivity index (χ4v) is 3.14. The van der Waals surface area contributed by atoms with E-state index in [0.717, 1.165) is 18.4 Å². The van der Waals surface area contributed by atoms with Gasteiger partial charge < -0.3 is 19.1 Å². The standard InChI is InChI=1S/C21H24FNO4/c1-25-18-10-14(11-19(26-2)21(18)27-3)13-23(16-8-9-16)20(24)12-15-6-4-5-7-17(15)22/h4-7,10-11,16H,8-9,12-13H2,1-3H3. The Morgan fingerprint density at radius 1 is 1.07 bits per heavy atom. The van der Waals surface area contributed by atoms with Gasteiger partial charge in [-0.3, -0.25) is 4.79 Å². The molecule has 1 aliphatic carbocycles. The number of nitrogens with zero attached hydrogens (tertiary/aromatic N) is 1. The molecule has 3 rings (SSSR count). The van der Waals surface area contributed by atoms with Gasteiger partial charge in [0, 0.05) is 12.6 Å². The van der Waals surface area contributed by atoms with E-state index in [-0.39, 0.29) is 24.2 Å². The second-order valence-electron chi connectivity index (χ2n) is 6.55. The molecule has 0 radical (unpaired) electrons. The van der Waals surface area contributed by atoms with E-state index in [1.54, 1.807) is 39.5 Å². The lowest BCUT2D eigenvalue weighted by Gasteiger charge is -2.24. The third-order valence-electron chi connectivity index (χ3n) is 4.68. The van der Waals surface area contributed by atoms with Crippen molar-refractivity contribution in [3.63, 3.8) is 0 Å². The van der Waals surface area contributed by atoms with Crippen molar-refractivity contribution >= 4 is 5.91 Å². The van der Waals surface area contributed by atoms with E-state index < -0.39 is 0 Å². The van der Waals surface area contributed by atoms with Gasteiger partial charge in [-0.15, -0.1) is 0 Å². The monoisotopic (exact) mass is 373 g/mol. The van der Waals surface area contributed by atoms with Crippen LogP contribution in [0.4, 0.5) is 4.39 Å². The van der Waals surface area contributed by atoms with Gasteiger partial charge in [-0.2, -0.15) is 0 Å². The van der Waals surface area contributed by atoms with Crippen LogP contribution in [0.2, 0.25) is 0 Å². The SMILES string of the molecule is COc1cc(CN(C(=O)Cc2ccccc2F)C2CC2)cc(OC)c1OC. The second kappa shape index (κ2) is 8.29. The summed E-state index contributed by atoms with van der Waals surface area (Å²) in [5.74, 6) is 1.17. The van der Waals surface area contributed by atoms with E-state index in [4.69, 9.17) is 14.2 Å². The van der Waals surface area contributed by atoms with Crippen LogP contribution < -0.4 is 14.2 Å². The summed E-state index contributed by atoms with van der Waals surface area (Å²) in [5, 5.41) is 0. The van der Waals surface area contributed by atoms with Crippen LogP contribution in [0.25, 0.3) is 0 Å². The van der Waals surface area contributed by atoms with Gasteiger partial charge in [0.05, 0.1) is 27.8 Å². The first-order valence-electron chi connectivity index (χ1n) is 8.89. The molecule has 5 nitrogen and oxygen atoms in total. The van der Waals surface area contributed by atoms with Crippen molar-refractivity contribution < 1.29 is 23.4 Å². The minimum atomic E-state index is -0.352. The van der Waals surface area contributed by atoms with Crippen LogP contribution in [0, 0.1) is 5.82 Å². The molecule has 1 fully saturated rings. The molecule has 0 spiro atoms. The van der Waals surface area contributed by atoms with Crippen LogP contribution in [0.15, 0.2) is 36.4 Å². The Kier molecular flexibility index (Phi) is 5.84. The van der Waals surface area contributed by atoms with Crippen LogP contribution in [0.3, 0.4) is 0 Å². The Bertz CT molecular complexity index is 795. The lowest BCUT2D eigenvalue weighted by molar-refractivity contribution is -0.131. The average Bonchev–Trinajstić information content (AvgIpc) is 3.51. The van der Waals surface area contributed by atoms with Crippen molar-refractivity contribution in [3.8, 4) is 17.2 Å². The molecule has 27 heavy (non-hydrogen) atoms. The lowest BCUT2D eigenvalue weighted by Crippen LogP contribution is -2.34. The van der Waals surface area contributed by atoms with Gasteiger partial charge in [0.25, 0.3) is 0 Å². The first-order chi connectivity index (χ1) is 13.1. The smallest absolute Gasteiger partial charge is 0.227 e. The first kappa shape index (κ1) is 19.0. The van der Waals surface area contributed by atoms with Crippen LogP contribution in [0.5, 0.6) is 17.2 Å². The van der Waals surface area contributed by atoms with Crippen molar-refractivity contribution in [2.24, 2.45) is 0 Å². The summed E-state index contributed by atoms with van der Waals surface area (Å²) in [7, 11) is 4.67. The number of rotatable bonds is 8. The molecule has 0 unspecified atom stereocenters. The van der Waals surface area contributed by atoms with E-state index in [9.17, 15) is 9.18 Å². The predicted molar refractivity (Wildman–Crippen MR) is 99.8 cm³/mol. The van der Waals surface area contributed by atoms with Crippen LogP contribution in [-0.2, 0) is 17.8 Å². The summed E-state index contributed by atoms with van der Waals surface area (Å²) in [6.45, 7) is 0.411. The molecule has 1 amide bonds.